The van der Waals surface area contributed by atoms with Crippen molar-refractivity contribution in [2.75, 3.05) is 46.8 Å². The van der Waals surface area contributed by atoms with Crippen molar-refractivity contribution < 1.29 is 9.47 Å². The highest BCUT2D eigenvalue weighted by Crippen LogP contribution is 1.91. The summed E-state index contributed by atoms with van der Waals surface area (Å²) in [5.74, 6) is 0. The van der Waals surface area contributed by atoms with Crippen molar-refractivity contribution in [3.05, 3.63) is 0 Å². The van der Waals surface area contributed by atoms with Gasteiger partial charge in [-0.3, -0.25) is 4.90 Å². The molecule has 1 rings (SSSR count). The van der Waals surface area contributed by atoms with E-state index in [2.05, 4.69) is 10.2 Å². The van der Waals surface area contributed by atoms with Crippen LogP contribution in [0.1, 0.15) is 0 Å². The Bertz CT molecular complexity index is 94.4. The van der Waals surface area contributed by atoms with Gasteiger partial charge in [-0.2, -0.15) is 0 Å². The van der Waals surface area contributed by atoms with E-state index < -0.39 is 0 Å². The van der Waals surface area contributed by atoms with Crippen molar-refractivity contribution in [3.63, 3.8) is 0 Å². The molecule has 1 aliphatic heterocycles. The molecule has 0 spiro atoms. The summed E-state index contributed by atoms with van der Waals surface area (Å²) in [4.78, 5) is 2.26. The van der Waals surface area contributed by atoms with Crippen LogP contribution in [0.4, 0.5) is 0 Å². The van der Waals surface area contributed by atoms with E-state index >= 15 is 0 Å². The zero-order valence-electron chi connectivity index (χ0n) is 7.01. The summed E-state index contributed by atoms with van der Waals surface area (Å²) in [6, 6.07) is 0. The van der Waals surface area contributed by atoms with E-state index in [-0.39, 0.29) is 0 Å². The molecule has 11 heavy (non-hydrogen) atoms. The molecule has 0 saturated carbocycles. The van der Waals surface area contributed by atoms with Crippen molar-refractivity contribution in [1.82, 2.24) is 10.2 Å². The quantitative estimate of drug-likeness (QED) is 0.443. The number of rotatable bonds is 4. The molecular weight excluding hydrogens is 144 g/mol. The number of nitrogens with one attached hydrogen (secondary N) is 1. The molecule has 1 heterocycles. The smallest absolute Gasteiger partial charge is 0.148 e. The molecule has 1 saturated heterocycles. The van der Waals surface area contributed by atoms with E-state index in [0.717, 1.165) is 26.2 Å². The average Bonchev–Trinajstić information content (AvgIpc) is 2.07. The number of ether oxygens (including phenoxy) is 2. The third-order valence-electron chi connectivity index (χ3n) is 1.68. The molecule has 4 heteroatoms. The molecule has 0 aliphatic carbocycles. The van der Waals surface area contributed by atoms with Crippen LogP contribution in [-0.2, 0) is 9.47 Å². The van der Waals surface area contributed by atoms with Crippen LogP contribution in [0.15, 0.2) is 0 Å². The Morgan fingerprint density at radius 3 is 2.73 bits per heavy atom. The van der Waals surface area contributed by atoms with E-state index in [9.17, 15) is 0 Å². The SMILES string of the molecule is COCOCN1CCNCC1. The number of hydrogen-bond acceptors (Lipinski definition) is 4. The zero-order chi connectivity index (χ0) is 7.94. The van der Waals surface area contributed by atoms with Crippen LogP contribution in [0.2, 0.25) is 0 Å². The summed E-state index contributed by atoms with van der Waals surface area (Å²) in [5.41, 5.74) is 0. The van der Waals surface area contributed by atoms with Crippen LogP contribution in [0, 0.1) is 0 Å². The zero-order valence-corrected chi connectivity index (χ0v) is 7.01. The van der Waals surface area contributed by atoms with Gasteiger partial charge >= 0.3 is 0 Å². The fourth-order valence-electron chi connectivity index (χ4n) is 1.09. The molecule has 1 aliphatic rings. The van der Waals surface area contributed by atoms with Crippen molar-refractivity contribution in [2.45, 2.75) is 0 Å². The second-order valence-corrected chi connectivity index (χ2v) is 2.61. The first-order valence-corrected chi connectivity index (χ1v) is 3.93. The van der Waals surface area contributed by atoms with E-state index in [4.69, 9.17) is 9.47 Å². The lowest BCUT2D eigenvalue weighted by molar-refractivity contribution is -0.0753. The molecule has 4 nitrogen and oxygen atoms in total. The molecule has 0 atom stereocenters. The van der Waals surface area contributed by atoms with Crippen molar-refractivity contribution in [3.8, 4) is 0 Å². The molecule has 0 unspecified atom stereocenters. The molecule has 66 valence electrons. The normalized spacial score (nSPS) is 20.5. The van der Waals surface area contributed by atoms with Crippen LogP contribution >= 0.6 is 0 Å². The van der Waals surface area contributed by atoms with E-state index in [1.54, 1.807) is 7.11 Å². The average molecular weight is 160 g/mol. The maximum Gasteiger partial charge on any atom is 0.148 e. The van der Waals surface area contributed by atoms with Gasteiger partial charge in [-0.1, -0.05) is 0 Å². The van der Waals surface area contributed by atoms with Crippen LogP contribution in [0.25, 0.3) is 0 Å². The lowest BCUT2D eigenvalue weighted by atomic mass is 10.4. The topological polar surface area (TPSA) is 33.7 Å². The first kappa shape index (κ1) is 8.93. The fourth-order valence-corrected chi connectivity index (χ4v) is 1.09. The minimum atomic E-state index is 0.393. The second-order valence-electron chi connectivity index (χ2n) is 2.61. The predicted molar refractivity (Wildman–Crippen MR) is 42.3 cm³/mol. The minimum absolute atomic E-state index is 0.393. The molecule has 1 N–H and O–H groups in total. The van der Waals surface area contributed by atoms with Gasteiger partial charge in [-0.25, -0.2) is 0 Å². The highest BCUT2D eigenvalue weighted by molar-refractivity contribution is 4.63. The molecular formula is C7H16N2O2. The molecule has 0 aromatic heterocycles. The van der Waals surface area contributed by atoms with E-state index in [1.807, 2.05) is 0 Å². The second kappa shape index (κ2) is 5.49. The van der Waals surface area contributed by atoms with Gasteiger partial charge in [0.25, 0.3) is 0 Å². The highest BCUT2D eigenvalue weighted by Gasteiger charge is 2.07. The fraction of sp³-hybridized carbons (Fsp3) is 1.00. The Hall–Kier alpha value is -0.160. The number of hydrogen-bond donors (Lipinski definition) is 1. The monoisotopic (exact) mass is 160 g/mol. The third-order valence-corrected chi connectivity index (χ3v) is 1.68. The maximum absolute atomic E-state index is 5.20. The highest BCUT2D eigenvalue weighted by atomic mass is 16.7. The molecule has 0 radical (unpaired) electrons. The number of nitrogens with zero attached hydrogens (tertiary/aromatic N) is 1. The summed E-state index contributed by atoms with van der Waals surface area (Å²) in [6.45, 7) is 5.36. The van der Waals surface area contributed by atoms with E-state index in [0.29, 0.717) is 13.5 Å². The van der Waals surface area contributed by atoms with Gasteiger partial charge in [-0.05, 0) is 0 Å². The number of piperazine rings is 1. The van der Waals surface area contributed by atoms with Gasteiger partial charge in [-0.15, -0.1) is 0 Å². The van der Waals surface area contributed by atoms with Crippen molar-refractivity contribution in [1.29, 1.82) is 0 Å². The van der Waals surface area contributed by atoms with Gasteiger partial charge in [0, 0.05) is 33.3 Å². The van der Waals surface area contributed by atoms with Gasteiger partial charge in [0.1, 0.15) is 13.5 Å². The van der Waals surface area contributed by atoms with Crippen molar-refractivity contribution >= 4 is 0 Å². The van der Waals surface area contributed by atoms with Crippen LogP contribution in [0.3, 0.4) is 0 Å². The largest absolute Gasteiger partial charge is 0.359 e. The Kier molecular flexibility index (Phi) is 4.45. The lowest BCUT2D eigenvalue weighted by Crippen LogP contribution is -2.44. The first-order chi connectivity index (χ1) is 5.43. The van der Waals surface area contributed by atoms with Gasteiger partial charge in [0.05, 0.1) is 0 Å². The van der Waals surface area contributed by atoms with Crippen LogP contribution in [-0.4, -0.2) is 51.7 Å². The first-order valence-electron chi connectivity index (χ1n) is 3.93. The summed E-state index contributed by atoms with van der Waals surface area (Å²) in [6.07, 6.45) is 0. The van der Waals surface area contributed by atoms with Gasteiger partial charge in [0.2, 0.25) is 0 Å². The molecule has 0 aromatic rings. The Labute approximate surface area is 67.5 Å². The summed E-state index contributed by atoms with van der Waals surface area (Å²) >= 11 is 0. The Balaban J connectivity index is 1.96. The molecule has 0 bridgehead atoms. The summed E-state index contributed by atoms with van der Waals surface area (Å²) in [7, 11) is 1.64. The molecule has 0 amide bonds. The van der Waals surface area contributed by atoms with Crippen LogP contribution < -0.4 is 5.32 Å². The maximum atomic E-state index is 5.20. The minimum Gasteiger partial charge on any atom is -0.359 e. The Morgan fingerprint density at radius 1 is 1.36 bits per heavy atom. The lowest BCUT2D eigenvalue weighted by Gasteiger charge is -2.26. The molecule has 1 fully saturated rings. The summed E-state index contributed by atoms with van der Waals surface area (Å²) in [5, 5.41) is 3.28. The van der Waals surface area contributed by atoms with Crippen LogP contribution in [0.5, 0.6) is 0 Å². The van der Waals surface area contributed by atoms with Crippen molar-refractivity contribution in [2.24, 2.45) is 0 Å². The number of methoxy groups -OCH3 is 1. The summed E-state index contributed by atoms with van der Waals surface area (Å²) < 4.78 is 9.97. The Morgan fingerprint density at radius 2 is 2.09 bits per heavy atom. The molecule has 0 aromatic carbocycles. The van der Waals surface area contributed by atoms with Gasteiger partial charge < -0.3 is 14.8 Å². The van der Waals surface area contributed by atoms with Gasteiger partial charge in [0.15, 0.2) is 0 Å². The standard InChI is InChI=1S/C7H16N2O2/c1-10-7-11-6-9-4-2-8-3-5-9/h8H,2-7H2,1H3. The predicted octanol–water partition coefficient (Wildman–Crippen LogP) is -0.530. The third kappa shape index (κ3) is 3.67. The van der Waals surface area contributed by atoms with E-state index in [1.165, 1.54) is 0 Å².